The summed E-state index contributed by atoms with van der Waals surface area (Å²) in [6.45, 7) is 10.8. The Kier molecular flexibility index (Phi) is 7.48. The van der Waals surface area contributed by atoms with Gasteiger partial charge in [0.25, 0.3) is 5.91 Å². The normalized spacial score (nSPS) is 11.1. The zero-order valence-corrected chi connectivity index (χ0v) is 19.3. The number of carbonyl (C=O) groups is 2. The van der Waals surface area contributed by atoms with Crippen LogP contribution in [0.5, 0.6) is 0 Å². The average molecular weight is 450 g/mol. The van der Waals surface area contributed by atoms with Gasteiger partial charge in [-0.3, -0.25) is 25.0 Å². The van der Waals surface area contributed by atoms with Gasteiger partial charge in [0.05, 0.1) is 5.75 Å². The molecule has 32 heavy (non-hydrogen) atoms. The molecular formula is C24H27N5O2S. The summed E-state index contributed by atoms with van der Waals surface area (Å²) < 4.78 is 1.92. The maximum atomic E-state index is 12.2. The maximum Gasteiger partial charge on any atom is 0.269 e. The number of hydrogen-bond acceptors (Lipinski definition) is 5. The van der Waals surface area contributed by atoms with Crippen LogP contribution in [0.25, 0.3) is 11.4 Å². The van der Waals surface area contributed by atoms with Gasteiger partial charge in [-0.15, -0.1) is 16.8 Å². The van der Waals surface area contributed by atoms with Gasteiger partial charge in [0.1, 0.15) is 0 Å². The molecule has 166 valence electrons. The first kappa shape index (κ1) is 23.3. The summed E-state index contributed by atoms with van der Waals surface area (Å²) in [6.07, 6.45) is 1.76. The summed E-state index contributed by atoms with van der Waals surface area (Å²) in [4.78, 5) is 24.2. The molecule has 2 aromatic carbocycles. The van der Waals surface area contributed by atoms with E-state index in [4.69, 9.17) is 0 Å². The van der Waals surface area contributed by atoms with Crippen molar-refractivity contribution in [3.8, 4) is 11.4 Å². The van der Waals surface area contributed by atoms with Crippen molar-refractivity contribution in [2.75, 3.05) is 5.75 Å². The number of hydrazine groups is 1. The lowest BCUT2D eigenvalue weighted by molar-refractivity contribution is -0.119. The molecule has 0 spiro atoms. The molecule has 0 saturated carbocycles. The maximum absolute atomic E-state index is 12.2. The highest BCUT2D eigenvalue weighted by molar-refractivity contribution is 7.99. The van der Waals surface area contributed by atoms with Crippen LogP contribution in [-0.2, 0) is 16.8 Å². The second-order valence-electron chi connectivity index (χ2n) is 8.19. The van der Waals surface area contributed by atoms with Gasteiger partial charge in [-0.05, 0) is 23.1 Å². The molecule has 0 radical (unpaired) electrons. The molecule has 2 amide bonds. The minimum Gasteiger partial charge on any atom is -0.298 e. The Balaban J connectivity index is 1.64. The van der Waals surface area contributed by atoms with E-state index in [1.54, 1.807) is 30.3 Å². The third-order valence-electron chi connectivity index (χ3n) is 4.72. The molecule has 0 fully saturated rings. The molecule has 0 aliphatic heterocycles. The van der Waals surface area contributed by atoms with Crippen LogP contribution >= 0.6 is 11.8 Å². The Morgan fingerprint density at radius 1 is 1.03 bits per heavy atom. The highest BCUT2D eigenvalue weighted by atomic mass is 32.2. The Morgan fingerprint density at radius 2 is 1.72 bits per heavy atom. The van der Waals surface area contributed by atoms with Crippen LogP contribution in [0.2, 0.25) is 0 Å². The van der Waals surface area contributed by atoms with Crippen molar-refractivity contribution < 1.29 is 9.59 Å². The Hall–Kier alpha value is -3.39. The van der Waals surface area contributed by atoms with Gasteiger partial charge < -0.3 is 0 Å². The molecule has 3 rings (SSSR count). The SMILES string of the molecule is C=CCn1c(SCC(=O)NNC(=O)c2ccccc2)nnc1-c1ccc(C(C)(C)C)cc1. The van der Waals surface area contributed by atoms with Crippen LogP contribution < -0.4 is 10.9 Å². The molecule has 2 N–H and O–H groups in total. The number of aromatic nitrogens is 3. The number of carbonyl (C=O) groups excluding carboxylic acids is 2. The predicted octanol–water partition coefficient (Wildman–Crippen LogP) is 3.98. The number of thioether (sulfide) groups is 1. The molecule has 0 bridgehead atoms. The fraction of sp³-hybridized carbons (Fsp3) is 0.250. The third kappa shape index (κ3) is 5.85. The van der Waals surface area contributed by atoms with Gasteiger partial charge in [0.15, 0.2) is 11.0 Å². The molecule has 3 aromatic rings. The van der Waals surface area contributed by atoms with Gasteiger partial charge >= 0.3 is 0 Å². The van der Waals surface area contributed by atoms with Crippen molar-refractivity contribution in [1.82, 2.24) is 25.6 Å². The summed E-state index contributed by atoms with van der Waals surface area (Å²) in [7, 11) is 0. The number of amides is 2. The summed E-state index contributed by atoms with van der Waals surface area (Å²) in [6, 6.07) is 16.9. The highest BCUT2D eigenvalue weighted by Gasteiger charge is 2.17. The summed E-state index contributed by atoms with van der Waals surface area (Å²) in [5.41, 5.74) is 7.55. The molecule has 0 unspecified atom stereocenters. The van der Waals surface area contributed by atoms with Crippen molar-refractivity contribution in [1.29, 1.82) is 0 Å². The van der Waals surface area contributed by atoms with Crippen LogP contribution in [0.15, 0.2) is 72.4 Å². The first-order chi connectivity index (χ1) is 15.3. The third-order valence-corrected chi connectivity index (χ3v) is 5.69. The van der Waals surface area contributed by atoms with E-state index in [1.807, 2.05) is 22.8 Å². The van der Waals surface area contributed by atoms with E-state index >= 15 is 0 Å². The van der Waals surface area contributed by atoms with Gasteiger partial charge in [-0.2, -0.15) is 0 Å². The average Bonchev–Trinajstić information content (AvgIpc) is 3.19. The summed E-state index contributed by atoms with van der Waals surface area (Å²) >= 11 is 1.24. The quantitative estimate of drug-likeness (QED) is 0.324. The lowest BCUT2D eigenvalue weighted by atomic mass is 9.87. The van der Waals surface area contributed by atoms with Crippen molar-refractivity contribution >= 4 is 23.6 Å². The van der Waals surface area contributed by atoms with Crippen molar-refractivity contribution in [2.45, 2.75) is 37.9 Å². The van der Waals surface area contributed by atoms with Crippen molar-refractivity contribution in [3.05, 3.63) is 78.4 Å². The zero-order valence-electron chi connectivity index (χ0n) is 18.5. The van der Waals surface area contributed by atoms with Gasteiger partial charge in [0, 0.05) is 17.7 Å². The van der Waals surface area contributed by atoms with E-state index < -0.39 is 0 Å². The molecule has 0 aliphatic carbocycles. The molecule has 1 aromatic heterocycles. The van der Waals surface area contributed by atoms with E-state index in [0.29, 0.717) is 23.1 Å². The number of allylic oxidation sites excluding steroid dienone is 1. The van der Waals surface area contributed by atoms with Crippen LogP contribution in [0.4, 0.5) is 0 Å². The first-order valence-corrected chi connectivity index (χ1v) is 11.2. The monoisotopic (exact) mass is 449 g/mol. The molecule has 8 heteroatoms. The molecule has 0 aliphatic rings. The van der Waals surface area contributed by atoms with E-state index in [2.05, 4.69) is 60.5 Å². The standard InChI is InChI=1S/C24H27N5O2S/c1-5-15-29-21(17-11-13-19(14-12-17)24(2,3)4)26-28-23(29)32-16-20(30)25-27-22(31)18-9-7-6-8-10-18/h5-14H,1,15-16H2,2-4H3,(H,25,30)(H,27,31). The fourth-order valence-corrected chi connectivity index (χ4v) is 3.72. The molecule has 7 nitrogen and oxygen atoms in total. The number of nitrogens with one attached hydrogen (secondary N) is 2. The van der Waals surface area contributed by atoms with E-state index in [1.165, 1.54) is 17.3 Å². The topological polar surface area (TPSA) is 88.9 Å². The summed E-state index contributed by atoms with van der Waals surface area (Å²) in [5, 5.41) is 9.19. The second kappa shape index (κ2) is 10.3. The summed E-state index contributed by atoms with van der Waals surface area (Å²) in [5.74, 6) is 0.0711. The van der Waals surface area contributed by atoms with Gasteiger partial charge in [-0.25, -0.2) is 0 Å². The highest BCUT2D eigenvalue weighted by Crippen LogP contribution is 2.27. The second-order valence-corrected chi connectivity index (χ2v) is 9.13. The molecule has 0 atom stereocenters. The number of nitrogens with zero attached hydrogens (tertiary/aromatic N) is 3. The minimum atomic E-state index is -0.375. The smallest absolute Gasteiger partial charge is 0.269 e. The Bertz CT molecular complexity index is 1090. The lowest BCUT2D eigenvalue weighted by Crippen LogP contribution is -2.42. The van der Waals surface area contributed by atoms with Gasteiger partial charge in [-0.1, -0.05) is 81.1 Å². The van der Waals surface area contributed by atoms with Crippen LogP contribution in [0.3, 0.4) is 0 Å². The first-order valence-electron chi connectivity index (χ1n) is 10.2. The number of rotatable bonds is 7. The van der Waals surface area contributed by atoms with Crippen molar-refractivity contribution in [2.24, 2.45) is 0 Å². The number of benzene rings is 2. The van der Waals surface area contributed by atoms with Crippen LogP contribution in [0, 0.1) is 0 Å². The number of hydrogen-bond donors (Lipinski definition) is 2. The molecule has 1 heterocycles. The van der Waals surface area contributed by atoms with Gasteiger partial charge in [0.2, 0.25) is 5.91 Å². The zero-order chi connectivity index (χ0) is 23.1. The van der Waals surface area contributed by atoms with E-state index in [0.717, 1.165) is 5.56 Å². The molecular weight excluding hydrogens is 422 g/mol. The van der Waals surface area contributed by atoms with E-state index in [-0.39, 0.29) is 23.0 Å². The van der Waals surface area contributed by atoms with E-state index in [9.17, 15) is 9.59 Å². The Labute approximate surface area is 192 Å². The Morgan fingerprint density at radius 3 is 2.34 bits per heavy atom. The fourth-order valence-electron chi connectivity index (χ4n) is 2.98. The minimum absolute atomic E-state index is 0.0671. The van der Waals surface area contributed by atoms with Crippen LogP contribution in [-0.4, -0.2) is 32.3 Å². The van der Waals surface area contributed by atoms with Crippen LogP contribution in [0.1, 0.15) is 36.7 Å². The molecule has 0 saturated heterocycles. The lowest BCUT2D eigenvalue weighted by Gasteiger charge is -2.19. The predicted molar refractivity (Wildman–Crippen MR) is 127 cm³/mol. The largest absolute Gasteiger partial charge is 0.298 e. The van der Waals surface area contributed by atoms with Crippen molar-refractivity contribution in [3.63, 3.8) is 0 Å².